The summed E-state index contributed by atoms with van der Waals surface area (Å²) in [6.07, 6.45) is 0.773. The predicted octanol–water partition coefficient (Wildman–Crippen LogP) is 0.177. The zero-order valence-corrected chi connectivity index (χ0v) is 9.33. The van der Waals surface area contributed by atoms with E-state index in [4.69, 9.17) is 5.26 Å². The van der Waals surface area contributed by atoms with Crippen molar-refractivity contribution in [1.29, 1.82) is 5.26 Å². The molecule has 0 rings (SSSR count). The second-order valence-corrected chi connectivity index (χ2v) is 3.57. The van der Waals surface area contributed by atoms with Crippen LogP contribution < -0.4 is 10.6 Å². The Hall–Kier alpha value is -1.57. The third-order valence-electron chi connectivity index (χ3n) is 2.10. The van der Waals surface area contributed by atoms with E-state index in [0.29, 0.717) is 0 Å². The first-order chi connectivity index (χ1) is 7.02. The van der Waals surface area contributed by atoms with Crippen LogP contribution in [-0.4, -0.2) is 24.4 Å². The normalized spacial score (nSPS) is 11.7. The van der Waals surface area contributed by atoms with Crippen LogP contribution in [0.5, 0.6) is 0 Å². The minimum absolute atomic E-state index is 0.00895. The third-order valence-corrected chi connectivity index (χ3v) is 2.10. The zero-order valence-electron chi connectivity index (χ0n) is 9.33. The molecule has 0 aromatic carbocycles. The minimum Gasteiger partial charge on any atom is -0.345 e. The van der Waals surface area contributed by atoms with E-state index in [1.165, 1.54) is 0 Å². The predicted molar refractivity (Wildman–Crippen MR) is 55.7 cm³/mol. The summed E-state index contributed by atoms with van der Waals surface area (Å²) in [5.74, 6) is -1.15. The van der Waals surface area contributed by atoms with Gasteiger partial charge in [0.2, 0.25) is 0 Å². The van der Waals surface area contributed by atoms with E-state index < -0.39 is 11.8 Å². The summed E-state index contributed by atoms with van der Waals surface area (Å²) in [5.41, 5.74) is 0. The lowest BCUT2D eigenvalue weighted by Gasteiger charge is -2.19. The standard InChI is InChI=1S/C10H17N3O2/c1-4-8(7(2)3)13-10(15)9(14)12-6-5-11/h7-8H,4,6H2,1-3H3,(H,12,14)(H,13,15). The summed E-state index contributed by atoms with van der Waals surface area (Å²) >= 11 is 0. The highest BCUT2D eigenvalue weighted by molar-refractivity contribution is 6.35. The number of nitrogens with zero attached hydrogens (tertiary/aromatic N) is 1. The molecule has 0 aliphatic heterocycles. The average molecular weight is 211 g/mol. The molecule has 2 amide bonds. The van der Waals surface area contributed by atoms with Crippen molar-refractivity contribution in [2.45, 2.75) is 33.2 Å². The molecule has 5 nitrogen and oxygen atoms in total. The number of hydrogen-bond donors (Lipinski definition) is 2. The van der Waals surface area contributed by atoms with E-state index in [1.807, 2.05) is 20.8 Å². The average Bonchev–Trinajstić information content (AvgIpc) is 2.21. The number of nitrogens with one attached hydrogen (secondary N) is 2. The Morgan fingerprint density at radius 1 is 1.33 bits per heavy atom. The Balaban J connectivity index is 4.11. The molecular formula is C10H17N3O2. The topological polar surface area (TPSA) is 82.0 Å². The second-order valence-electron chi connectivity index (χ2n) is 3.57. The Kier molecular flexibility index (Phi) is 6.11. The van der Waals surface area contributed by atoms with Gasteiger partial charge in [0.15, 0.2) is 0 Å². The largest absolute Gasteiger partial charge is 0.345 e. The van der Waals surface area contributed by atoms with Gasteiger partial charge < -0.3 is 10.6 Å². The van der Waals surface area contributed by atoms with Crippen molar-refractivity contribution in [3.63, 3.8) is 0 Å². The van der Waals surface area contributed by atoms with Crippen LogP contribution in [0.4, 0.5) is 0 Å². The molecule has 1 unspecified atom stereocenters. The Morgan fingerprint density at radius 3 is 2.33 bits per heavy atom. The van der Waals surface area contributed by atoms with Crippen molar-refractivity contribution < 1.29 is 9.59 Å². The highest BCUT2D eigenvalue weighted by atomic mass is 16.2. The summed E-state index contributed by atoms with van der Waals surface area (Å²) in [4.78, 5) is 22.4. The summed E-state index contributed by atoms with van der Waals surface area (Å²) < 4.78 is 0. The van der Waals surface area contributed by atoms with Gasteiger partial charge in [0.05, 0.1) is 6.07 Å². The quantitative estimate of drug-likeness (QED) is 0.514. The molecule has 2 N–H and O–H groups in total. The first-order valence-corrected chi connectivity index (χ1v) is 4.98. The van der Waals surface area contributed by atoms with E-state index in [2.05, 4.69) is 10.6 Å². The Morgan fingerprint density at radius 2 is 1.93 bits per heavy atom. The lowest BCUT2D eigenvalue weighted by atomic mass is 10.0. The van der Waals surface area contributed by atoms with Crippen LogP contribution in [-0.2, 0) is 9.59 Å². The van der Waals surface area contributed by atoms with Gasteiger partial charge >= 0.3 is 11.8 Å². The van der Waals surface area contributed by atoms with Gasteiger partial charge in [-0.2, -0.15) is 5.26 Å². The molecule has 1 atom stereocenters. The molecule has 0 saturated carbocycles. The lowest BCUT2D eigenvalue weighted by molar-refractivity contribution is -0.139. The monoisotopic (exact) mass is 211 g/mol. The van der Waals surface area contributed by atoms with Gasteiger partial charge in [-0.1, -0.05) is 20.8 Å². The van der Waals surface area contributed by atoms with Crippen LogP contribution in [0.25, 0.3) is 0 Å². The van der Waals surface area contributed by atoms with Crippen LogP contribution in [0.3, 0.4) is 0 Å². The van der Waals surface area contributed by atoms with Gasteiger partial charge in [-0.3, -0.25) is 9.59 Å². The fraction of sp³-hybridized carbons (Fsp3) is 0.700. The van der Waals surface area contributed by atoms with E-state index in [9.17, 15) is 9.59 Å². The number of hydrogen-bond acceptors (Lipinski definition) is 3. The van der Waals surface area contributed by atoms with Gasteiger partial charge in [-0.25, -0.2) is 0 Å². The molecule has 0 aliphatic carbocycles. The zero-order chi connectivity index (χ0) is 11.8. The smallest absolute Gasteiger partial charge is 0.310 e. The molecule has 0 aliphatic rings. The first-order valence-electron chi connectivity index (χ1n) is 4.98. The molecule has 0 bridgehead atoms. The molecule has 0 aromatic rings. The second kappa shape index (κ2) is 6.82. The van der Waals surface area contributed by atoms with Gasteiger partial charge in [-0.05, 0) is 12.3 Å². The third kappa shape index (κ3) is 5.01. The highest BCUT2D eigenvalue weighted by Gasteiger charge is 2.18. The SMILES string of the molecule is CCC(NC(=O)C(=O)NCC#N)C(C)C. The van der Waals surface area contributed by atoms with Gasteiger partial charge in [0, 0.05) is 6.04 Å². The molecular weight excluding hydrogens is 194 g/mol. The maximum Gasteiger partial charge on any atom is 0.310 e. The van der Waals surface area contributed by atoms with E-state index in [0.717, 1.165) is 6.42 Å². The van der Waals surface area contributed by atoms with Gasteiger partial charge in [-0.15, -0.1) is 0 Å². The van der Waals surface area contributed by atoms with Crippen molar-refractivity contribution in [2.24, 2.45) is 5.92 Å². The maximum atomic E-state index is 11.3. The van der Waals surface area contributed by atoms with Crippen LogP contribution in [0.1, 0.15) is 27.2 Å². The van der Waals surface area contributed by atoms with Crippen LogP contribution >= 0.6 is 0 Å². The Bertz CT molecular complexity index is 268. The number of nitriles is 1. The van der Waals surface area contributed by atoms with E-state index in [1.54, 1.807) is 6.07 Å². The molecule has 84 valence electrons. The van der Waals surface area contributed by atoms with Crippen LogP contribution in [0.2, 0.25) is 0 Å². The summed E-state index contributed by atoms with van der Waals surface area (Å²) in [6.45, 7) is 5.74. The first kappa shape index (κ1) is 13.4. The Labute approximate surface area is 89.8 Å². The number of amides is 2. The number of carbonyl (C=O) groups excluding carboxylic acids is 2. The molecule has 5 heteroatoms. The summed E-state index contributed by atoms with van der Waals surface area (Å²) in [7, 11) is 0. The fourth-order valence-corrected chi connectivity index (χ4v) is 1.17. The molecule has 0 spiro atoms. The maximum absolute atomic E-state index is 11.3. The molecule has 0 heterocycles. The van der Waals surface area contributed by atoms with Gasteiger partial charge in [0.25, 0.3) is 0 Å². The molecule has 0 fully saturated rings. The van der Waals surface area contributed by atoms with Gasteiger partial charge in [0.1, 0.15) is 6.54 Å². The number of carbonyl (C=O) groups is 2. The lowest BCUT2D eigenvalue weighted by Crippen LogP contribution is -2.46. The van der Waals surface area contributed by atoms with E-state index >= 15 is 0 Å². The minimum atomic E-state index is -0.754. The van der Waals surface area contributed by atoms with Crippen molar-refractivity contribution in [1.82, 2.24) is 10.6 Å². The molecule has 0 aromatic heterocycles. The van der Waals surface area contributed by atoms with Crippen molar-refractivity contribution in [3.8, 4) is 6.07 Å². The van der Waals surface area contributed by atoms with Crippen molar-refractivity contribution in [3.05, 3.63) is 0 Å². The van der Waals surface area contributed by atoms with Crippen LogP contribution in [0, 0.1) is 17.2 Å². The summed E-state index contributed by atoms with van der Waals surface area (Å²) in [6, 6.07) is 1.72. The molecule has 15 heavy (non-hydrogen) atoms. The van der Waals surface area contributed by atoms with Crippen molar-refractivity contribution >= 4 is 11.8 Å². The summed E-state index contributed by atoms with van der Waals surface area (Å²) in [5, 5.41) is 13.0. The molecule has 0 saturated heterocycles. The van der Waals surface area contributed by atoms with Crippen molar-refractivity contribution in [2.75, 3.05) is 6.54 Å². The fourth-order valence-electron chi connectivity index (χ4n) is 1.17. The van der Waals surface area contributed by atoms with E-state index in [-0.39, 0.29) is 18.5 Å². The molecule has 0 radical (unpaired) electrons. The van der Waals surface area contributed by atoms with Crippen LogP contribution in [0.15, 0.2) is 0 Å². The highest BCUT2D eigenvalue weighted by Crippen LogP contribution is 2.04. The number of rotatable bonds is 4.